The van der Waals surface area contributed by atoms with Gasteiger partial charge in [0.2, 0.25) is 5.91 Å². The summed E-state index contributed by atoms with van der Waals surface area (Å²) >= 11 is 0. The quantitative estimate of drug-likeness (QED) is 0.629. The highest BCUT2D eigenvalue weighted by Crippen LogP contribution is 2.24. The number of rotatable bonds is 8. The summed E-state index contributed by atoms with van der Waals surface area (Å²) in [5.74, 6) is 0.585. The third-order valence-electron chi connectivity index (χ3n) is 3.46. The Morgan fingerprint density at radius 1 is 1.52 bits per heavy atom. The first-order chi connectivity index (χ1) is 9.97. The molecule has 1 aromatic rings. The zero-order chi connectivity index (χ0) is 15.8. The first-order valence-corrected chi connectivity index (χ1v) is 7.02. The average Bonchev–Trinajstić information content (AvgIpc) is 2.48. The number of amides is 1. The Hall–Kier alpha value is -1.79. The van der Waals surface area contributed by atoms with Gasteiger partial charge in [0.25, 0.3) is 0 Å². The van der Waals surface area contributed by atoms with Gasteiger partial charge in [-0.15, -0.1) is 0 Å². The van der Waals surface area contributed by atoms with Crippen LogP contribution in [0.15, 0.2) is 18.2 Å². The Kier molecular flexibility index (Phi) is 6.98. The predicted octanol–water partition coefficient (Wildman–Crippen LogP) is 1.31. The minimum absolute atomic E-state index is 0.0723. The van der Waals surface area contributed by atoms with Gasteiger partial charge < -0.3 is 25.8 Å². The fourth-order valence-electron chi connectivity index (χ4n) is 1.84. The second kappa shape index (κ2) is 8.49. The maximum absolute atomic E-state index is 11.9. The molecule has 0 aliphatic heterocycles. The lowest BCUT2D eigenvalue weighted by Crippen LogP contribution is -2.33. The molecule has 0 fully saturated rings. The smallest absolute Gasteiger partial charge is 0.224 e. The van der Waals surface area contributed by atoms with Gasteiger partial charge in [0.05, 0.1) is 25.1 Å². The first kappa shape index (κ1) is 17.3. The third kappa shape index (κ3) is 5.61. The molecule has 118 valence electrons. The van der Waals surface area contributed by atoms with Crippen molar-refractivity contribution in [3.8, 4) is 5.75 Å². The second-order valence-corrected chi connectivity index (χ2v) is 5.12. The van der Waals surface area contributed by atoms with Crippen LogP contribution in [0.1, 0.15) is 19.8 Å². The molecule has 1 unspecified atom stereocenters. The van der Waals surface area contributed by atoms with Crippen LogP contribution in [0.25, 0.3) is 0 Å². The van der Waals surface area contributed by atoms with Gasteiger partial charge in [-0.05, 0) is 39.1 Å². The summed E-state index contributed by atoms with van der Waals surface area (Å²) in [7, 11) is 3.50. The molecule has 6 nitrogen and oxygen atoms in total. The molecular weight excluding hydrogens is 270 g/mol. The van der Waals surface area contributed by atoms with E-state index in [1.165, 1.54) is 0 Å². The number of nitrogens with one attached hydrogen (secondary N) is 1. The van der Waals surface area contributed by atoms with Crippen LogP contribution in [0.4, 0.5) is 11.4 Å². The summed E-state index contributed by atoms with van der Waals surface area (Å²) in [5.41, 5.74) is 6.92. The molecule has 1 amide bonds. The zero-order valence-corrected chi connectivity index (χ0v) is 12.9. The molecule has 0 saturated carbocycles. The highest BCUT2D eigenvalue weighted by Gasteiger charge is 2.10. The van der Waals surface area contributed by atoms with Crippen LogP contribution in [0.2, 0.25) is 0 Å². The minimum Gasteiger partial charge on any atom is -0.497 e. The molecule has 0 aromatic heterocycles. The highest BCUT2D eigenvalue weighted by atomic mass is 16.5. The van der Waals surface area contributed by atoms with Gasteiger partial charge in [-0.25, -0.2) is 0 Å². The molecule has 0 aliphatic rings. The Balaban J connectivity index is 2.40. The van der Waals surface area contributed by atoms with Crippen LogP contribution in [-0.2, 0) is 4.79 Å². The van der Waals surface area contributed by atoms with Gasteiger partial charge in [0.15, 0.2) is 0 Å². The Morgan fingerprint density at radius 3 is 2.81 bits per heavy atom. The molecule has 0 bridgehead atoms. The SMILES string of the molecule is COc1ccc(NC(=O)CCCN(C)C(C)CO)c(N)c1. The topological polar surface area (TPSA) is 87.8 Å². The fraction of sp³-hybridized carbons (Fsp3) is 0.533. The van der Waals surface area contributed by atoms with Crippen LogP contribution in [0.3, 0.4) is 0 Å². The largest absolute Gasteiger partial charge is 0.497 e. The Labute approximate surface area is 125 Å². The van der Waals surface area contributed by atoms with Crippen molar-refractivity contribution in [3.63, 3.8) is 0 Å². The fourth-order valence-corrected chi connectivity index (χ4v) is 1.84. The van der Waals surface area contributed by atoms with Crippen LogP contribution in [0.5, 0.6) is 5.75 Å². The van der Waals surface area contributed by atoms with Crippen LogP contribution < -0.4 is 15.8 Å². The summed E-state index contributed by atoms with van der Waals surface area (Å²) in [4.78, 5) is 13.9. The molecule has 0 heterocycles. The number of ether oxygens (including phenoxy) is 1. The number of carbonyl (C=O) groups excluding carboxylic acids is 1. The lowest BCUT2D eigenvalue weighted by Gasteiger charge is -2.22. The molecule has 0 radical (unpaired) electrons. The van der Waals surface area contributed by atoms with Crippen molar-refractivity contribution in [3.05, 3.63) is 18.2 Å². The Bertz CT molecular complexity index is 465. The summed E-state index contributed by atoms with van der Waals surface area (Å²) in [5, 5.41) is 11.8. The van der Waals surface area contributed by atoms with Crippen LogP contribution in [-0.4, -0.2) is 49.3 Å². The van der Waals surface area contributed by atoms with E-state index < -0.39 is 0 Å². The van der Waals surface area contributed by atoms with Crippen molar-refractivity contribution in [2.24, 2.45) is 0 Å². The number of methoxy groups -OCH3 is 1. The number of nitrogens with two attached hydrogens (primary N) is 1. The first-order valence-electron chi connectivity index (χ1n) is 7.02. The normalized spacial score (nSPS) is 12.2. The van der Waals surface area contributed by atoms with Crippen LogP contribution >= 0.6 is 0 Å². The van der Waals surface area contributed by atoms with Gasteiger partial charge in [-0.2, -0.15) is 0 Å². The van der Waals surface area contributed by atoms with E-state index in [1.807, 2.05) is 18.9 Å². The average molecular weight is 295 g/mol. The van der Waals surface area contributed by atoms with Crippen molar-refractivity contribution in [1.29, 1.82) is 0 Å². The maximum atomic E-state index is 11.9. The van der Waals surface area contributed by atoms with E-state index in [2.05, 4.69) is 5.32 Å². The van der Waals surface area contributed by atoms with Gasteiger partial charge in [0, 0.05) is 18.5 Å². The summed E-state index contributed by atoms with van der Waals surface area (Å²) in [6.07, 6.45) is 1.14. The number of nitrogens with zero attached hydrogens (tertiary/aromatic N) is 1. The van der Waals surface area contributed by atoms with Crippen molar-refractivity contribution in [2.45, 2.75) is 25.8 Å². The zero-order valence-electron chi connectivity index (χ0n) is 12.9. The number of anilines is 2. The number of aliphatic hydroxyl groups excluding tert-OH is 1. The van der Waals surface area contributed by atoms with E-state index >= 15 is 0 Å². The lowest BCUT2D eigenvalue weighted by molar-refractivity contribution is -0.116. The molecule has 0 aliphatic carbocycles. The third-order valence-corrected chi connectivity index (χ3v) is 3.46. The molecular formula is C15H25N3O3. The number of hydrogen-bond donors (Lipinski definition) is 3. The second-order valence-electron chi connectivity index (χ2n) is 5.12. The van der Waals surface area contributed by atoms with Crippen molar-refractivity contribution >= 4 is 17.3 Å². The van der Waals surface area contributed by atoms with E-state index in [0.717, 1.165) is 13.0 Å². The van der Waals surface area contributed by atoms with Crippen molar-refractivity contribution < 1.29 is 14.6 Å². The number of nitrogen functional groups attached to an aromatic ring is 1. The lowest BCUT2D eigenvalue weighted by atomic mass is 10.2. The van der Waals surface area contributed by atoms with E-state index in [9.17, 15) is 4.79 Å². The molecule has 0 spiro atoms. The van der Waals surface area contributed by atoms with Gasteiger partial charge >= 0.3 is 0 Å². The monoisotopic (exact) mass is 295 g/mol. The number of benzene rings is 1. The van der Waals surface area contributed by atoms with E-state index in [0.29, 0.717) is 23.5 Å². The standard InChI is InChI=1S/C15H25N3O3/c1-11(10-19)18(2)8-4-5-15(20)17-14-7-6-12(21-3)9-13(14)16/h6-7,9,11,19H,4-5,8,10,16H2,1-3H3,(H,17,20). The number of likely N-dealkylation sites (N-methyl/N-ethyl adjacent to an activating group) is 1. The predicted molar refractivity (Wildman–Crippen MR) is 84.4 cm³/mol. The summed E-state index contributed by atoms with van der Waals surface area (Å²) in [6.45, 7) is 2.82. The molecule has 1 aromatic carbocycles. The van der Waals surface area contributed by atoms with Crippen molar-refractivity contribution in [2.75, 3.05) is 38.4 Å². The van der Waals surface area contributed by atoms with E-state index in [-0.39, 0.29) is 18.6 Å². The van der Waals surface area contributed by atoms with Crippen molar-refractivity contribution in [1.82, 2.24) is 4.90 Å². The molecule has 1 atom stereocenters. The molecule has 6 heteroatoms. The Morgan fingerprint density at radius 2 is 2.24 bits per heavy atom. The number of carbonyl (C=O) groups is 1. The van der Waals surface area contributed by atoms with Gasteiger partial charge in [-0.1, -0.05) is 0 Å². The molecule has 1 rings (SSSR count). The number of hydrogen-bond acceptors (Lipinski definition) is 5. The van der Waals surface area contributed by atoms with E-state index in [4.69, 9.17) is 15.6 Å². The highest BCUT2D eigenvalue weighted by molar-refractivity contribution is 5.93. The molecule has 4 N–H and O–H groups in total. The molecule has 21 heavy (non-hydrogen) atoms. The minimum atomic E-state index is -0.0723. The van der Waals surface area contributed by atoms with E-state index in [1.54, 1.807) is 25.3 Å². The summed E-state index contributed by atoms with van der Waals surface area (Å²) in [6, 6.07) is 5.26. The van der Waals surface area contributed by atoms with Gasteiger partial charge in [0.1, 0.15) is 5.75 Å². The number of aliphatic hydroxyl groups is 1. The summed E-state index contributed by atoms with van der Waals surface area (Å²) < 4.78 is 5.06. The maximum Gasteiger partial charge on any atom is 0.224 e. The van der Waals surface area contributed by atoms with Crippen LogP contribution in [0, 0.1) is 0 Å². The molecule has 0 saturated heterocycles. The van der Waals surface area contributed by atoms with Gasteiger partial charge in [-0.3, -0.25) is 4.79 Å².